The number of likely N-dealkylation sites (tertiary alicyclic amines) is 1. The number of amides is 2. The lowest BCUT2D eigenvalue weighted by atomic mass is 9.98. The van der Waals surface area contributed by atoms with E-state index in [1.54, 1.807) is 11.1 Å². The van der Waals surface area contributed by atoms with Crippen molar-refractivity contribution in [2.24, 2.45) is 0 Å². The number of aliphatic carboxylic acids is 1. The quantitative estimate of drug-likeness (QED) is 0.862. The average Bonchev–Trinajstić information content (AvgIpc) is 2.82. The third-order valence-electron chi connectivity index (χ3n) is 3.27. The van der Waals surface area contributed by atoms with Gasteiger partial charge in [-0.2, -0.15) is 0 Å². The van der Waals surface area contributed by atoms with Crippen LogP contribution in [0.1, 0.15) is 32.1 Å². The molecule has 6 nitrogen and oxygen atoms in total. The highest BCUT2D eigenvalue weighted by Crippen LogP contribution is 2.25. The van der Waals surface area contributed by atoms with Crippen molar-refractivity contribution < 1.29 is 14.7 Å². The van der Waals surface area contributed by atoms with Gasteiger partial charge in [-0.3, -0.25) is 10.1 Å². The number of carboxylic acids is 1. The van der Waals surface area contributed by atoms with Crippen LogP contribution in [0.5, 0.6) is 0 Å². The van der Waals surface area contributed by atoms with Crippen LogP contribution in [-0.2, 0) is 4.79 Å². The summed E-state index contributed by atoms with van der Waals surface area (Å²) in [6.07, 6.45) is 5.09. The third-order valence-corrected chi connectivity index (χ3v) is 4.66. The van der Waals surface area contributed by atoms with Gasteiger partial charge in [0.1, 0.15) is 0 Å². The molecule has 2 N–H and O–H groups in total. The van der Waals surface area contributed by atoms with Gasteiger partial charge >= 0.3 is 12.0 Å². The van der Waals surface area contributed by atoms with E-state index >= 15 is 0 Å². The van der Waals surface area contributed by atoms with Gasteiger partial charge in [-0.15, -0.1) is 0 Å². The largest absolute Gasteiger partial charge is 0.481 e. The molecule has 1 aromatic rings. The monoisotopic (exact) mass is 361 g/mol. The van der Waals surface area contributed by atoms with Gasteiger partial charge in [-0.1, -0.05) is 11.3 Å². The number of piperidine rings is 1. The number of halogens is 1. The standard InChI is InChI=1S/C12H16BrN3O3S/c13-9-7-14-11(20-9)15-12(19)16-6-2-1-3-8(16)4-5-10(17)18/h7-8H,1-6H2,(H,17,18)(H,14,15,19). The Morgan fingerprint density at radius 3 is 3.00 bits per heavy atom. The fourth-order valence-electron chi connectivity index (χ4n) is 2.33. The normalized spacial score (nSPS) is 18.9. The van der Waals surface area contributed by atoms with Gasteiger partial charge in [0.15, 0.2) is 5.13 Å². The lowest BCUT2D eigenvalue weighted by Gasteiger charge is -2.35. The zero-order valence-electron chi connectivity index (χ0n) is 10.8. The van der Waals surface area contributed by atoms with E-state index in [2.05, 4.69) is 26.2 Å². The number of carbonyl (C=O) groups excluding carboxylic acids is 1. The maximum absolute atomic E-state index is 12.3. The van der Waals surface area contributed by atoms with Crippen molar-refractivity contribution in [1.29, 1.82) is 0 Å². The molecule has 2 amide bonds. The molecule has 1 unspecified atom stereocenters. The molecular weight excluding hydrogens is 346 g/mol. The minimum absolute atomic E-state index is 0.00301. The zero-order chi connectivity index (χ0) is 14.5. The van der Waals surface area contributed by atoms with Gasteiger partial charge in [0.05, 0.1) is 9.98 Å². The summed E-state index contributed by atoms with van der Waals surface area (Å²) in [7, 11) is 0. The number of hydrogen-bond acceptors (Lipinski definition) is 4. The van der Waals surface area contributed by atoms with Crippen molar-refractivity contribution in [1.82, 2.24) is 9.88 Å². The van der Waals surface area contributed by atoms with Crippen molar-refractivity contribution in [3.05, 3.63) is 9.98 Å². The summed E-state index contributed by atoms with van der Waals surface area (Å²) < 4.78 is 0.855. The van der Waals surface area contributed by atoms with Gasteiger partial charge < -0.3 is 10.0 Å². The van der Waals surface area contributed by atoms with Crippen LogP contribution in [0, 0.1) is 0 Å². The second-order valence-corrected chi connectivity index (χ2v) is 7.08. The van der Waals surface area contributed by atoms with E-state index in [1.165, 1.54) is 11.3 Å². The number of rotatable bonds is 4. The van der Waals surface area contributed by atoms with Crippen LogP contribution >= 0.6 is 27.3 Å². The first-order valence-electron chi connectivity index (χ1n) is 6.47. The van der Waals surface area contributed by atoms with Crippen molar-refractivity contribution in [2.45, 2.75) is 38.1 Å². The van der Waals surface area contributed by atoms with Crippen molar-refractivity contribution in [3.63, 3.8) is 0 Å². The lowest BCUT2D eigenvalue weighted by Crippen LogP contribution is -2.46. The Balaban J connectivity index is 1.95. The molecule has 0 radical (unpaired) electrons. The predicted molar refractivity (Wildman–Crippen MR) is 80.0 cm³/mol. The van der Waals surface area contributed by atoms with Gasteiger partial charge in [0, 0.05) is 19.0 Å². The second kappa shape index (κ2) is 7.03. The molecule has 2 heterocycles. The summed E-state index contributed by atoms with van der Waals surface area (Å²) in [6, 6.07) is -0.190. The first-order valence-corrected chi connectivity index (χ1v) is 8.08. The Hall–Kier alpha value is -1.15. The number of carbonyl (C=O) groups is 2. The van der Waals surface area contributed by atoms with E-state index < -0.39 is 5.97 Å². The van der Waals surface area contributed by atoms with E-state index in [-0.39, 0.29) is 18.5 Å². The van der Waals surface area contributed by atoms with Crippen LogP contribution in [0.4, 0.5) is 9.93 Å². The number of thiazole rings is 1. The topological polar surface area (TPSA) is 82.5 Å². The van der Waals surface area contributed by atoms with E-state index in [1.807, 2.05) is 0 Å². The molecule has 2 rings (SSSR count). The molecule has 0 aromatic carbocycles. The molecule has 1 fully saturated rings. The second-order valence-electron chi connectivity index (χ2n) is 4.68. The molecule has 1 aliphatic heterocycles. The molecule has 1 aromatic heterocycles. The summed E-state index contributed by atoms with van der Waals surface area (Å²) in [5.41, 5.74) is 0. The summed E-state index contributed by atoms with van der Waals surface area (Å²) in [6.45, 7) is 0.669. The van der Waals surface area contributed by atoms with Crippen molar-refractivity contribution >= 4 is 44.4 Å². The minimum Gasteiger partial charge on any atom is -0.481 e. The van der Waals surface area contributed by atoms with E-state index in [0.29, 0.717) is 18.1 Å². The fourth-order valence-corrected chi connectivity index (χ4v) is 3.43. The van der Waals surface area contributed by atoms with E-state index in [9.17, 15) is 9.59 Å². The summed E-state index contributed by atoms with van der Waals surface area (Å²) in [4.78, 5) is 28.7. The first kappa shape index (κ1) is 15.2. The third kappa shape index (κ3) is 4.17. The van der Waals surface area contributed by atoms with Gasteiger partial charge in [-0.05, 0) is 41.6 Å². The highest BCUT2D eigenvalue weighted by Gasteiger charge is 2.27. The van der Waals surface area contributed by atoms with Crippen LogP contribution in [0.2, 0.25) is 0 Å². The predicted octanol–water partition coefficient (Wildman–Crippen LogP) is 3.16. The van der Waals surface area contributed by atoms with Crippen molar-refractivity contribution in [3.8, 4) is 0 Å². The molecule has 0 bridgehead atoms. The molecular formula is C12H16BrN3O3S. The Morgan fingerprint density at radius 1 is 1.55 bits per heavy atom. The lowest BCUT2D eigenvalue weighted by molar-refractivity contribution is -0.137. The minimum atomic E-state index is -0.820. The molecule has 0 aliphatic carbocycles. The Bertz CT molecular complexity index is 494. The number of aromatic nitrogens is 1. The molecule has 1 saturated heterocycles. The van der Waals surface area contributed by atoms with E-state index in [4.69, 9.17) is 5.11 Å². The van der Waals surface area contributed by atoms with Crippen LogP contribution in [0.25, 0.3) is 0 Å². The molecule has 110 valence electrons. The fraction of sp³-hybridized carbons (Fsp3) is 0.583. The van der Waals surface area contributed by atoms with Gasteiger partial charge in [-0.25, -0.2) is 9.78 Å². The van der Waals surface area contributed by atoms with Gasteiger partial charge in [0.2, 0.25) is 0 Å². The summed E-state index contributed by atoms with van der Waals surface area (Å²) in [5.74, 6) is -0.820. The number of anilines is 1. The van der Waals surface area contributed by atoms with Crippen LogP contribution < -0.4 is 5.32 Å². The number of nitrogens with one attached hydrogen (secondary N) is 1. The van der Waals surface area contributed by atoms with Crippen molar-refractivity contribution in [2.75, 3.05) is 11.9 Å². The maximum Gasteiger partial charge on any atom is 0.323 e. The molecule has 0 saturated carbocycles. The number of carboxylic acid groups (broad SMARTS) is 1. The van der Waals surface area contributed by atoms with Crippen LogP contribution in [0.15, 0.2) is 9.98 Å². The maximum atomic E-state index is 12.3. The number of nitrogens with zero attached hydrogens (tertiary/aromatic N) is 2. The highest BCUT2D eigenvalue weighted by atomic mass is 79.9. The van der Waals surface area contributed by atoms with Crippen LogP contribution in [0.3, 0.4) is 0 Å². The molecule has 8 heteroatoms. The number of urea groups is 1. The first-order chi connectivity index (χ1) is 9.56. The molecule has 1 atom stereocenters. The van der Waals surface area contributed by atoms with E-state index in [0.717, 1.165) is 23.0 Å². The SMILES string of the molecule is O=C(O)CCC1CCCCN1C(=O)Nc1ncc(Br)s1. The molecule has 0 spiro atoms. The van der Waals surface area contributed by atoms with Gasteiger partial charge in [0.25, 0.3) is 0 Å². The Labute approximate surface area is 129 Å². The highest BCUT2D eigenvalue weighted by molar-refractivity contribution is 9.11. The summed E-state index contributed by atoms with van der Waals surface area (Å²) in [5, 5.41) is 12.1. The van der Waals surface area contributed by atoms with Crippen LogP contribution in [-0.4, -0.2) is 39.6 Å². The summed E-state index contributed by atoms with van der Waals surface area (Å²) >= 11 is 4.65. The number of hydrogen-bond donors (Lipinski definition) is 2. The Morgan fingerprint density at radius 2 is 2.35 bits per heavy atom. The molecule has 1 aliphatic rings. The average molecular weight is 362 g/mol. The smallest absolute Gasteiger partial charge is 0.323 e. The molecule has 20 heavy (non-hydrogen) atoms. The Kier molecular flexibility index (Phi) is 5.36. The zero-order valence-corrected chi connectivity index (χ0v) is 13.2.